The molecule has 1 heterocycles. The summed E-state index contributed by atoms with van der Waals surface area (Å²) in [6.45, 7) is 2.53. The van der Waals surface area contributed by atoms with Crippen LogP contribution in [0.5, 0.6) is 5.75 Å². The van der Waals surface area contributed by atoms with Crippen LogP contribution in [0.2, 0.25) is 0 Å². The molecular formula is C26H22Br3N3O2. The molecule has 4 rings (SSSR count). The summed E-state index contributed by atoms with van der Waals surface area (Å²) in [6, 6.07) is 19.2. The molecule has 4 aromatic rings. The van der Waals surface area contributed by atoms with E-state index in [2.05, 4.69) is 59.8 Å². The molecule has 0 atom stereocenters. The lowest BCUT2D eigenvalue weighted by Gasteiger charge is -2.11. The third-order valence-corrected chi connectivity index (χ3v) is 6.74. The van der Waals surface area contributed by atoms with Crippen LogP contribution in [0.4, 0.5) is 0 Å². The Morgan fingerprint density at radius 1 is 0.971 bits per heavy atom. The maximum absolute atomic E-state index is 13.3. The van der Waals surface area contributed by atoms with E-state index < -0.39 is 0 Å². The highest BCUT2D eigenvalue weighted by molar-refractivity contribution is 9.11. The third-order valence-electron chi connectivity index (χ3n) is 5.22. The van der Waals surface area contributed by atoms with E-state index in [1.54, 1.807) is 12.3 Å². The average Bonchev–Trinajstić information content (AvgIpc) is 2.83. The molecule has 0 aliphatic carbocycles. The third kappa shape index (κ3) is 6.03. The van der Waals surface area contributed by atoms with Crippen LogP contribution in [0.3, 0.4) is 0 Å². The zero-order valence-electron chi connectivity index (χ0n) is 18.5. The number of hydrogen-bond acceptors (Lipinski definition) is 4. The monoisotopic (exact) mass is 645 g/mol. The maximum atomic E-state index is 13.3. The first-order valence-electron chi connectivity index (χ1n) is 10.9. The fraction of sp³-hybridized carbons (Fsp3) is 0.192. The second kappa shape index (κ2) is 11.4. The van der Waals surface area contributed by atoms with Crippen molar-refractivity contribution in [2.24, 2.45) is 5.10 Å². The fourth-order valence-corrected chi connectivity index (χ4v) is 4.43. The summed E-state index contributed by atoms with van der Waals surface area (Å²) in [5.41, 5.74) is 2.29. The first-order valence-corrected chi connectivity index (χ1v) is 13.2. The molecule has 0 fully saturated rings. The number of hydrogen-bond donors (Lipinski definition) is 0. The number of halogens is 3. The van der Waals surface area contributed by atoms with Gasteiger partial charge in [0.1, 0.15) is 18.2 Å². The smallest absolute Gasteiger partial charge is 0.282 e. The lowest BCUT2D eigenvalue weighted by atomic mass is 10.2. The van der Waals surface area contributed by atoms with Crippen LogP contribution < -0.4 is 10.3 Å². The van der Waals surface area contributed by atoms with E-state index in [4.69, 9.17) is 9.72 Å². The molecule has 1 aromatic heterocycles. The molecule has 0 bridgehead atoms. The Bertz CT molecular complexity index is 1400. The van der Waals surface area contributed by atoms with Gasteiger partial charge in [0.15, 0.2) is 0 Å². The van der Waals surface area contributed by atoms with Crippen LogP contribution in [0.25, 0.3) is 10.9 Å². The predicted molar refractivity (Wildman–Crippen MR) is 148 cm³/mol. The SMILES string of the molecule is CCCCc1nc2ccc(Br)cc2c(=O)n1N=Cc1cc(Br)ccc1OCc1ccc(Br)cc1. The minimum absolute atomic E-state index is 0.194. The summed E-state index contributed by atoms with van der Waals surface area (Å²) in [6.07, 6.45) is 4.24. The molecule has 174 valence electrons. The minimum atomic E-state index is -0.194. The molecule has 34 heavy (non-hydrogen) atoms. The van der Waals surface area contributed by atoms with Gasteiger partial charge in [0, 0.05) is 25.4 Å². The Labute approximate surface area is 223 Å². The van der Waals surface area contributed by atoms with Crippen molar-refractivity contribution in [1.82, 2.24) is 9.66 Å². The molecule has 0 amide bonds. The molecule has 3 aromatic carbocycles. The number of rotatable bonds is 8. The molecule has 0 spiro atoms. The van der Waals surface area contributed by atoms with Crippen LogP contribution in [-0.4, -0.2) is 15.9 Å². The van der Waals surface area contributed by atoms with Gasteiger partial charge in [-0.25, -0.2) is 4.98 Å². The van der Waals surface area contributed by atoms with Crippen molar-refractivity contribution in [2.75, 3.05) is 0 Å². The second-order valence-electron chi connectivity index (χ2n) is 7.75. The van der Waals surface area contributed by atoms with Gasteiger partial charge in [-0.3, -0.25) is 4.79 Å². The fourth-order valence-electron chi connectivity index (χ4n) is 3.42. The molecule has 0 saturated carbocycles. The lowest BCUT2D eigenvalue weighted by Crippen LogP contribution is -2.22. The van der Waals surface area contributed by atoms with Crippen molar-refractivity contribution in [2.45, 2.75) is 32.8 Å². The zero-order chi connectivity index (χ0) is 24.1. The standard InChI is InChI=1S/C26H22Br3N3O2/c1-2-3-4-25-31-23-11-9-21(29)14-22(23)26(33)32(25)30-15-18-13-20(28)10-12-24(18)34-16-17-5-7-19(27)8-6-17/h5-15H,2-4,16H2,1H3. The van der Waals surface area contributed by atoms with Crippen LogP contribution in [-0.2, 0) is 13.0 Å². The van der Waals surface area contributed by atoms with Gasteiger partial charge in [-0.2, -0.15) is 9.78 Å². The number of aromatic nitrogens is 2. The topological polar surface area (TPSA) is 56.5 Å². The van der Waals surface area contributed by atoms with Crippen molar-refractivity contribution in [3.63, 3.8) is 0 Å². The van der Waals surface area contributed by atoms with Gasteiger partial charge in [0.2, 0.25) is 0 Å². The van der Waals surface area contributed by atoms with E-state index in [1.807, 2.05) is 54.6 Å². The highest BCUT2D eigenvalue weighted by atomic mass is 79.9. The molecule has 0 aliphatic rings. The van der Waals surface area contributed by atoms with Crippen LogP contribution in [0.15, 0.2) is 84.0 Å². The largest absolute Gasteiger partial charge is 0.488 e. The Morgan fingerprint density at radius 3 is 2.44 bits per heavy atom. The number of nitrogens with zero attached hydrogens (tertiary/aromatic N) is 3. The molecule has 0 radical (unpaired) electrons. The van der Waals surface area contributed by atoms with E-state index in [1.165, 1.54) is 4.68 Å². The Morgan fingerprint density at radius 2 is 1.68 bits per heavy atom. The molecule has 0 N–H and O–H groups in total. The number of benzene rings is 3. The van der Waals surface area contributed by atoms with E-state index >= 15 is 0 Å². The molecule has 5 nitrogen and oxygen atoms in total. The van der Waals surface area contributed by atoms with Crippen molar-refractivity contribution >= 4 is 64.9 Å². The summed E-state index contributed by atoms with van der Waals surface area (Å²) in [7, 11) is 0. The van der Waals surface area contributed by atoms with E-state index in [0.717, 1.165) is 37.4 Å². The van der Waals surface area contributed by atoms with Crippen molar-refractivity contribution in [3.8, 4) is 5.75 Å². The van der Waals surface area contributed by atoms with Crippen molar-refractivity contribution in [3.05, 3.63) is 101 Å². The summed E-state index contributed by atoms with van der Waals surface area (Å²) < 4.78 is 10.2. The number of fused-ring (bicyclic) bond motifs is 1. The van der Waals surface area contributed by atoms with Gasteiger partial charge in [0.05, 0.1) is 17.1 Å². The summed E-state index contributed by atoms with van der Waals surface area (Å²) >= 11 is 10.4. The molecule has 0 saturated heterocycles. The van der Waals surface area contributed by atoms with E-state index in [-0.39, 0.29) is 5.56 Å². The highest BCUT2D eigenvalue weighted by Crippen LogP contribution is 2.24. The quantitative estimate of drug-likeness (QED) is 0.186. The van der Waals surface area contributed by atoms with E-state index in [9.17, 15) is 4.79 Å². The predicted octanol–water partition coefficient (Wildman–Crippen LogP) is 7.49. The van der Waals surface area contributed by atoms with Gasteiger partial charge in [-0.15, -0.1) is 0 Å². The lowest BCUT2D eigenvalue weighted by molar-refractivity contribution is 0.305. The normalized spacial score (nSPS) is 11.4. The zero-order valence-corrected chi connectivity index (χ0v) is 23.2. The summed E-state index contributed by atoms with van der Waals surface area (Å²) in [4.78, 5) is 18.1. The Hall–Kier alpha value is -2.29. The first kappa shape index (κ1) is 24.8. The summed E-state index contributed by atoms with van der Waals surface area (Å²) in [5, 5.41) is 5.09. The number of aryl methyl sites for hydroxylation is 1. The van der Waals surface area contributed by atoms with Gasteiger partial charge in [-0.1, -0.05) is 73.3 Å². The van der Waals surface area contributed by atoms with Crippen molar-refractivity contribution in [1.29, 1.82) is 0 Å². The maximum Gasteiger partial charge on any atom is 0.282 e. The molecule has 8 heteroatoms. The van der Waals surface area contributed by atoms with Gasteiger partial charge in [-0.05, 0) is 60.5 Å². The number of ether oxygens (including phenoxy) is 1. The number of unbranched alkanes of at least 4 members (excludes halogenated alkanes) is 1. The van der Waals surface area contributed by atoms with Gasteiger partial charge in [0.25, 0.3) is 5.56 Å². The minimum Gasteiger partial charge on any atom is -0.488 e. The Kier molecular flexibility index (Phi) is 8.34. The van der Waals surface area contributed by atoms with Crippen LogP contribution in [0.1, 0.15) is 36.7 Å². The molecule has 0 aliphatic heterocycles. The van der Waals surface area contributed by atoms with Gasteiger partial charge >= 0.3 is 0 Å². The highest BCUT2D eigenvalue weighted by Gasteiger charge is 2.11. The van der Waals surface area contributed by atoms with Crippen LogP contribution in [0, 0.1) is 0 Å². The summed E-state index contributed by atoms with van der Waals surface area (Å²) in [5.74, 6) is 1.32. The molecule has 0 unspecified atom stereocenters. The Balaban J connectivity index is 1.70. The van der Waals surface area contributed by atoms with E-state index in [0.29, 0.717) is 35.5 Å². The molecular weight excluding hydrogens is 626 g/mol. The van der Waals surface area contributed by atoms with Gasteiger partial charge < -0.3 is 4.74 Å². The van der Waals surface area contributed by atoms with Crippen molar-refractivity contribution < 1.29 is 4.74 Å². The average molecular weight is 648 g/mol. The van der Waals surface area contributed by atoms with Crippen LogP contribution >= 0.6 is 47.8 Å². The second-order valence-corrected chi connectivity index (χ2v) is 10.5. The first-order chi connectivity index (χ1) is 16.4.